The normalized spacial score (nSPS) is 10.5. The van der Waals surface area contributed by atoms with Gasteiger partial charge in [0, 0.05) is 5.88 Å². The molecule has 0 radical (unpaired) electrons. The Kier molecular flexibility index (Phi) is 5.03. The minimum absolute atomic E-state index is 0.763. The predicted molar refractivity (Wildman–Crippen MR) is 64.2 cm³/mol. The first kappa shape index (κ1) is 11.6. The number of alkyl halides is 1. The summed E-state index contributed by atoms with van der Waals surface area (Å²) in [6.07, 6.45) is 4.46. The summed E-state index contributed by atoms with van der Waals surface area (Å²) in [5.41, 5.74) is 4.41. The van der Waals surface area contributed by atoms with E-state index in [9.17, 15) is 0 Å². The molecule has 0 aromatic heterocycles. The van der Waals surface area contributed by atoms with Crippen molar-refractivity contribution in [3.63, 3.8) is 0 Å². The Morgan fingerprint density at radius 1 is 1.07 bits per heavy atom. The monoisotopic (exact) mass is 210 g/mol. The topological polar surface area (TPSA) is 0 Å². The number of hydrogen-bond acceptors (Lipinski definition) is 0. The van der Waals surface area contributed by atoms with Crippen LogP contribution >= 0.6 is 11.6 Å². The smallest absolute Gasteiger partial charge is 0.0226 e. The molecule has 1 aromatic carbocycles. The van der Waals surface area contributed by atoms with Gasteiger partial charge in [-0.15, -0.1) is 11.6 Å². The summed E-state index contributed by atoms with van der Waals surface area (Å²) in [6, 6.07) is 6.84. The van der Waals surface area contributed by atoms with Crippen LogP contribution in [0.1, 0.15) is 37.0 Å². The average Bonchev–Trinajstić information content (AvgIpc) is 2.25. The van der Waals surface area contributed by atoms with Gasteiger partial charge >= 0.3 is 0 Å². The van der Waals surface area contributed by atoms with Crippen LogP contribution in [0.4, 0.5) is 0 Å². The first-order valence-corrected chi connectivity index (χ1v) is 6.01. The van der Waals surface area contributed by atoms with Gasteiger partial charge in [-0.05, 0) is 42.4 Å². The summed E-state index contributed by atoms with van der Waals surface area (Å²) in [6.45, 7) is 4.41. The molecule has 0 amide bonds. The van der Waals surface area contributed by atoms with E-state index >= 15 is 0 Å². The van der Waals surface area contributed by atoms with Crippen LogP contribution in [0.5, 0.6) is 0 Å². The third kappa shape index (κ3) is 3.02. The van der Waals surface area contributed by atoms with E-state index in [0.717, 1.165) is 31.6 Å². The van der Waals surface area contributed by atoms with Crippen molar-refractivity contribution in [3.8, 4) is 0 Å². The molecule has 0 saturated heterocycles. The van der Waals surface area contributed by atoms with Gasteiger partial charge in [0.05, 0.1) is 0 Å². The standard InChI is InChI=1S/C13H19Cl/c1-3-11-7-8-12(4-2)13(10-11)6-5-9-14/h7-8,10H,3-6,9H2,1-2H3. The number of benzene rings is 1. The maximum Gasteiger partial charge on any atom is 0.0226 e. The molecule has 1 heteroatoms. The lowest BCUT2D eigenvalue weighted by molar-refractivity contribution is 0.899. The Balaban J connectivity index is 2.84. The number of hydrogen-bond donors (Lipinski definition) is 0. The second-order valence-corrected chi connectivity index (χ2v) is 3.98. The molecule has 0 spiro atoms. The molecule has 0 fully saturated rings. The van der Waals surface area contributed by atoms with Gasteiger partial charge in [0.1, 0.15) is 0 Å². The van der Waals surface area contributed by atoms with Crippen molar-refractivity contribution in [2.24, 2.45) is 0 Å². The number of rotatable bonds is 5. The molecule has 0 bridgehead atoms. The Bertz CT molecular complexity index is 279. The van der Waals surface area contributed by atoms with E-state index in [-0.39, 0.29) is 0 Å². The van der Waals surface area contributed by atoms with Gasteiger partial charge in [0.25, 0.3) is 0 Å². The Morgan fingerprint density at radius 3 is 2.43 bits per heavy atom. The molecule has 78 valence electrons. The zero-order chi connectivity index (χ0) is 10.4. The second kappa shape index (κ2) is 6.08. The molecule has 0 atom stereocenters. The third-order valence-electron chi connectivity index (χ3n) is 2.64. The van der Waals surface area contributed by atoms with E-state index in [1.54, 1.807) is 0 Å². The van der Waals surface area contributed by atoms with E-state index in [2.05, 4.69) is 32.0 Å². The quantitative estimate of drug-likeness (QED) is 0.645. The molecule has 0 aliphatic carbocycles. The molecule has 0 N–H and O–H groups in total. The highest BCUT2D eigenvalue weighted by Crippen LogP contribution is 2.15. The molecule has 0 aliphatic heterocycles. The van der Waals surface area contributed by atoms with Crippen LogP contribution in [0.3, 0.4) is 0 Å². The van der Waals surface area contributed by atoms with Gasteiger partial charge in [-0.2, -0.15) is 0 Å². The van der Waals surface area contributed by atoms with Gasteiger partial charge in [0.2, 0.25) is 0 Å². The lowest BCUT2D eigenvalue weighted by Crippen LogP contribution is -1.95. The summed E-state index contributed by atoms with van der Waals surface area (Å²) < 4.78 is 0. The van der Waals surface area contributed by atoms with Gasteiger partial charge < -0.3 is 0 Å². The van der Waals surface area contributed by atoms with Crippen molar-refractivity contribution >= 4 is 11.6 Å². The fraction of sp³-hybridized carbons (Fsp3) is 0.538. The van der Waals surface area contributed by atoms with Crippen molar-refractivity contribution in [1.82, 2.24) is 0 Å². The summed E-state index contributed by atoms with van der Waals surface area (Å²) in [4.78, 5) is 0. The van der Waals surface area contributed by atoms with Crippen LogP contribution in [0.2, 0.25) is 0 Å². The van der Waals surface area contributed by atoms with Crippen molar-refractivity contribution in [2.45, 2.75) is 39.5 Å². The van der Waals surface area contributed by atoms with Gasteiger partial charge in [0.15, 0.2) is 0 Å². The van der Waals surface area contributed by atoms with Crippen LogP contribution in [0.25, 0.3) is 0 Å². The van der Waals surface area contributed by atoms with E-state index in [1.807, 2.05) is 0 Å². The average molecular weight is 211 g/mol. The largest absolute Gasteiger partial charge is 0.127 e. The van der Waals surface area contributed by atoms with E-state index in [0.29, 0.717) is 0 Å². The van der Waals surface area contributed by atoms with Crippen LogP contribution in [-0.4, -0.2) is 5.88 Å². The molecule has 14 heavy (non-hydrogen) atoms. The SMILES string of the molecule is CCc1ccc(CC)c(CCCCl)c1. The van der Waals surface area contributed by atoms with Gasteiger partial charge in [-0.25, -0.2) is 0 Å². The van der Waals surface area contributed by atoms with Gasteiger partial charge in [-0.3, -0.25) is 0 Å². The molecular weight excluding hydrogens is 192 g/mol. The molecular formula is C13H19Cl. The molecule has 0 heterocycles. The Hall–Kier alpha value is -0.490. The van der Waals surface area contributed by atoms with Crippen molar-refractivity contribution in [1.29, 1.82) is 0 Å². The first-order chi connectivity index (χ1) is 6.81. The maximum atomic E-state index is 5.72. The van der Waals surface area contributed by atoms with Crippen LogP contribution in [0.15, 0.2) is 18.2 Å². The Morgan fingerprint density at radius 2 is 1.86 bits per heavy atom. The lowest BCUT2D eigenvalue weighted by atomic mass is 9.98. The summed E-state index contributed by atoms with van der Waals surface area (Å²) in [7, 11) is 0. The van der Waals surface area contributed by atoms with Crippen molar-refractivity contribution in [2.75, 3.05) is 5.88 Å². The molecule has 1 rings (SSSR count). The van der Waals surface area contributed by atoms with Crippen LogP contribution in [-0.2, 0) is 19.3 Å². The van der Waals surface area contributed by atoms with Crippen LogP contribution < -0.4 is 0 Å². The highest BCUT2D eigenvalue weighted by atomic mass is 35.5. The Labute approximate surface area is 92.3 Å². The lowest BCUT2D eigenvalue weighted by Gasteiger charge is -2.09. The van der Waals surface area contributed by atoms with E-state index in [1.165, 1.54) is 16.7 Å². The molecule has 1 aromatic rings. The highest BCUT2D eigenvalue weighted by Gasteiger charge is 2.01. The first-order valence-electron chi connectivity index (χ1n) is 5.48. The predicted octanol–water partition coefficient (Wildman–Crippen LogP) is 3.98. The van der Waals surface area contributed by atoms with Crippen molar-refractivity contribution < 1.29 is 0 Å². The second-order valence-electron chi connectivity index (χ2n) is 3.60. The molecule has 0 nitrogen and oxygen atoms in total. The molecule has 0 aliphatic rings. The summed E-state index contributed by atoms with van der Waals surface area (Å²) in [5, 5.41) is 0. The molecule has 0 unspecified atom stereocenters. The molecule has 0 saturated carbocycles. The van der Waals surface area contributed by atoms with E-state index in [4.69, 9.17) is 11.6 Å². The van der Waals surface area contributed by atoms with Crippen LogP contribution in [0, 0.1) is 0 Å². The summed E-state index contributed by atoms with van der Waals surface area (Å²) >= 11 is 5.72. The summed E-state index contributed by atoms with van der Waals surface area (Å²) in [5.74, 6) is 0.763. The highest BCUT2D eigenvalue weighted by molar-refractivity contribution is 6.17. The zero-order valence-electron chi connectivity index (χ0n) is 9.15. The number of aryl methyl sites for hydroxylation is 3. The van der Waals surface area contributed by atoms with Crippen molar-refractivity contribution in [3.05, 3.63) is 34.9 Å². The fourth-order valence-corrected chi connectivity index (χ4v) is 1.87. The zero-order valence-corrected chi connectivity index (χ0v) is 9.90. The minimum atomic E-state index is 0.763. The van der Waals surface area contributed by atoms with Gasteiger partial charge in [-0.1, -0.05) is 32.0 Å². The third-order valence-corrected chi connectivity index (χ3v) is 2.91. The van der Waals surface area contributed by atoms with E-state index < -0.39 is 0 Å². The minimum Gasteiger partial charge on any atom is -0.127 e. The number of halogens is 1. The maximum absolute atomic E-state index is 5.72. The fourth-order valence-electron chi connectivity index (χ4n) is 1.73.